The molecule has 1 aromatic rings. The lowest BCUT2D eigenvalue weighted by Crippen LogP contribution is -2.34. The molecule has 1 atom stereocenters. The maximum atomic E-state index is 13.3. The van der Waals surface area contributed by atoms with Crippen LogP contribution < -0.4 is 5.32 Å². The first-order chi connectivity index (χ1) is 8.97. The van der Waals surface area contributed by atoms with Crippen molar-refractivity contribution in [2.75, 3.05) is 18.4 Å². The second-order valence-corrected chi connectivity index (χ2v) is 4.32. The first kappa shape index (κ1) is 13.3. The van der Waals surface area contributed by atoms with Gasteiger partial charge >= 0.3 is 12.0 Å². The van der Waals surface area contributed by atoms with Crippen molar-refractivity contribution in [2.24, 2.45) is 5.92 Å². The highest BCUT2D eigenvalue weighted by Gasteiger charge is 2.31. The lowest BCUT2D eigenvalue weighted by Gasteiger charge is -2.17. The molecule has 1 unspecified atom stereocenters. The Bertz CT molecular complexity index is 522. The second-order valence-electron chi connectivity index (χ2n) is 4.32. The molecule has 1 fully saturated rings. The number of rotatable bonds is 2. The van der Waals surface area contributed by atoms with Gasteiger partial charge in [0.2, 0.25) is 0 Å². The van der Waals surface area contributed by atoms with Gasteiger partial charge in [0.05, 0.1) is 11.6 Å². The lowest BCUT2D eigenvalue weighted by atomic mass is 10.1. The summed E-state index contributed by atoms with van der Waals surface area (Å²) < 4.78 is 26.0. The molecule has 0 radical (unpaired) electrons. The minimum Gasteiger partial charge on any atom is -0.481 e. The highest BCUT2D eigenvalue weighted by Crippen LogP contribution is 2.19. The molecule has 5 nitrogen and oxygen atoms in total. The van der Waals surface area contributed by atoms with Gasteiger partial charge in [-0.25, -0.2) is 13.6 Å². The van der Waals surface area contributed by atoms with Crippen LogP contribution in [0.15, 0.2) is 18.2 Å². The van der Waals surface area contributed by atoms with E-state index >= 15 is 0 Å². The van der Waals surface area contributed by atoms with Gasteiger partial charge in [-0.1, -0.05) is 0 Å². The van der Waals surface area contributed by atoms with Gasteiger partial charge in [0.15, 0.2) is 0 Å². The number of nitrogens with zero attached hydrogens (tertiary/aromatic N) is 1. The number of anilines is 1. The molecule has 2 rings (SSSR count). The number of aliphatic carboxylic acids is 1. The number of benzene rings is 1. The van der Waals surface area contributed by atoms with E-state index in [-0.39, 0.29) is 12.2 Å². The van der Waals surface area contributed by atoms with Gasteiger partial charge in [-0.15, -0.1) is 0 Å². The fourth-order valence-corrected chi connectivity index (χ4v) is 1.93. The average molecular weight is 270 g/mol. The molecule has 2 N–H and O–H groups in total. The minimum atomic E-state index is -0.955. The van der Waals surface area contributed by atoms with E-state index in [1.165, 1.54) is 4.90 Å². The fourth-order valence-electron chi connectivity index (χ4n) is 1.93. The van der Waals surface area contributed by atoms with E-state index in [1.807, 2.05) is 0 Å². The molecule has 102 valence electrons. The Morgan fingerprint density at radius 3 is 2.68 bits per heavy atom. The summed E-state index contributed by atoms with van der Waals surface area (Å²) in [5.41, 5.74) is -0.134. The van der Waals surface area contributed by atoms with Gasteiger partial charge < -0.3 is 15.3 Å². The number of nitrogens with one attached hydrogen (secondary N) is 1. The molecule has 1 aliphatic heterocycles. The third kappa shape index (κ3) is 2.98. The molecule has 0 aromatic heterocycles. The Kier molecular flexibility index (Phi) is 3.64. The van der Waals surface area contributed by atoms with Crippen molar-refractivity contribution in [2.45, 2.75) is 6.42 Å². The van der Waals surface area contributed by atoms with Crippen LogP contribution in [0.4, 0.5) is 19.3 Å². The summed E-state index contributed by atoms with van der Waals surface area (Å²) in [5.74, 6) is -3.16. The zero-order valence-electron chi connectivity index (χ0n) is 9.90. The summed E-state index contributed by atoms with van der Waals surface area (Å²) in [5, 5.41) is 11.1. The SMILES string of the molecule is O=C(O)C1CCN(C(=O)Nc2ccc(F)cc2F)C1. The first-order valence-electron chi connectivity index (χ1n) is 5.71. The molecule has 1 aromatic carbocycles. The smallest absolute Gasteiger partial charge is 0.321 e. The quantitative estimate of drug-likeness (QED) is 0.862. The van der Waals surface area contributed by atoms with Crippen LogP contribution in [0.2, 0.25) is 0 Å². The third-order valence-electron chi connectivity index (χ3n) is 3.00. The van der Waals surface area contributed by atoms with Gasteiger partial charge in [0.25, 0.3) is 0 Å². The number of halogens is 2. The molecule has 1 heterocycles. The van der Waals surface area contributed by atoms with E-state index in [4.69, 9.17) is 5.11 Å². The molecule has 7 heteroatoms. The Morgan fingerprint density at radius 2 is 2.11 bits per heavy atom. The largest absolute Gasteiger partial charge is 0.481 e. The number of carboxylic acids is 1. The number of amides is 2. The average Bonchev–Trinajstić information content (AvgIpc) is 2.82. The predicted octanol–water partition coefficient (Wildman–Crippen LogP) is 1.90. The predicted molar refractivity (Wildman–Crippen MR) is 62.7 cm³/mol. The van der Waals surface area contributed by atoms with Gasteiger partial charge in [-0.05, 0) is 18.6 Å². The normalized spacial score (nSPS) is 18.4. The van der Waals surface area contributed by atoms with Crippen LogP contribution in [0.1, 0.15) is 6.42 Å². The summed E-state index contributed by atoms with van der Waals surface area (Å²) in [4.78, 5) is 23.8. The van der Waals surface area contributed by atoms with E-state index in [1.54, 1.807) is 0 Å². The topological polar surface area (TPSA) is 69.6 Å². The van der Waals surface area contributed by atoms with Crippen LogP contribution in [0.5, 0.6) is 0 Å². The second kappa shape index (κ2) is 5.21. The van der Waals surface area contributed by atoms with Crippen molar-refractivity contribution in [3.63, 3.8) is 0 Å². The standard InChI is InChI=1S/C12H12F2N2O3/c13-8-1-2-10(9(14)5-8)15-12(19)16-4-3-7(6-16)11(17)18/h1-2,5,7H,3-4,6H2,(H,15,19)(H,17,18). The van der Waals surface area contributed by atoms with E-state index < -0.39 is 29.6 Å². The number of carboxylic acid groups (broad SMARTS) is 1. The van der Waals surface area contributed by atoms with E-state index in [9.17, 15) is 18.4 Å². The van der Waals surface area contributed by atoms with Crippen molar-refractivity contribution in [1.29, 1.82) is 0 Å². The van der Waals surface area contributed by atoms with E-state index in [0.717, 1.165) is 12.1 Å². The molecule has 2 amide bonds. The monoisotopic (exact) mass is 270 g/mol. The van der Waals surface area contributed by atoms with E-state index in [2.05, 4.69) is 5.32 Å². The van der Waals surface area contributed by atoms with Crippen LogP contribution in [0, 0.1) is 17.6 Å². The Morgan fingerprint density at radius 1 is 1.37 bits per heavy atom. The van der Waals surface area contributed by atoms with Crippen molar-refractivity contribution in [3.05, 3.63) is 29.8 Å². The molecular formula is C12H12F2N2O3. The molecule has 0 spiro atoms. The molecule has 19 heavy (non-hydrogen) atoms. The van der Waals surface area contributed by atoms with Gasteiger partial charge in [0, 0.05) is 19.2 Å². The maximum Gasteiger partial charge on any atom is 0.321 e. The van der Waals surface area contributed by atoms with Crippen LogP contribution in [0.25, 0.3) is 0 Å². The number of likely N-dealkylation sites (tertiary alicyclic amines) is 1. The fraction of sp³-hybridized carbons (Fsp3) is 0.333. The van der Waals surface area contributed by atoms with Gasteiger partial charge in [0.1, 0.15) is 11.6 Å². The minimum absolute atomic E-state index is 0.0873. The van der Waals surface area contributed by atoms with Crippen molar-refractivity contribution in [3.8, 4) is 0 Å². The summed E-state index contributed by atoms with van der Waals surface area (Å²) in [6.07, 6.45) is 0.370. The molecule has 0 bridgehead atoms. The Hall–Kier alpha value is -2.18. The molecule has 1 saturated heterocycles. The van der Waals surface area contributed by atoms with Gasteiger partial charge in [-0.2, -0.15) is 0 Å². The molecule has 0 aliphatic carbocycles. The van der Waals surface area contributed by atoms with Crippen molar-refractivity contribution < 1.29 is 23.5 Å². The molecule has 0 saturated carbocycles. The van der Waals surface area contributed by atoms with Crippen LogP contribution in [-0.4, -0.2) is 35.1 Å². The Balaban J connectivity index is 2.00. The van der Waals surface area contributed by atoms with Gasteiger partial charge in [-0.3, -0.25) is 4.79 Å². The summed E-state index contributed by atoms with van der Waals surface area (Å²) in [7, 11) is 0. The molecule has 1 aliphatic rings. The number of hydrogen-bond acceptors (Lipinski definition) is 2. The zero-order chi connectivity index (χ0) is 14.0. The number of hydrogen-bond donors (Lipinski definition) is 2. The highest BCUT2D eigenvalue weighted by atomic mass is 19.1. The van der Waals surface area contributed by atoms with E-state index in [0.29, 0.717) is 19.0 Å². The Labute approximate surface area is 107 Å². The first-order valence-corrected chi connectivity index (χ1v) is 5.71. The highest BCUT2D eigenvalue weighted by molar-refractivity contribution is 5.90. The number of urea groups is 1. The summed E-state index contributed by atoms with van der Waals surface area (Å²) >= 11 is 0. The van der Waals surface area contributed by atoms with Crippen LogP contribution in [-0.2, 0) is 4.79 Å². The lowest BCUT2D eigenvalue weighted by molar-refractivity contribution is -0.141. The zero-order valence-corrected chi connectivity index (χ0v) is 9.90. The summed E-state index contributed by atoms with van der Waals surface area (Å²) in [6, 6.07) is 2.23. The number of carbonyl (C=O) groups is 2. The van der Waals surface area contributed by atoms with Crippen LogP contribution in [0.3, 0.4) is 0 Å². The summed E-state index contributed by atoms with van der Waals surface area (Å²) in [6.45, 7) is 0.385. The van der Waals surface area contributed by atoms with Crippen molar-refractivity contribution in [1.82, 2.24) is 4.90 Å². The molecular weight excluding hydrogens is 258 g/mol. The van der Waals surface area contributed by atoms with Crippen LogP contribution >= 0.6 is 0 Å². The van der Waals surface area contributed by atoms with Crippen molar-refractivity contribution >= 4 is 17.7 Å². The maximum absolute atomic E-state index is 13.3. The third-order valence-corrected chi connectivity index (χ3v) is 3.00. The number of carbonyl (C=O) groups excluding carboxylic acids is 1.